The van der Waals surface area contributed by atoms with Crippen LogP contribution in [0.1, 0.15) is 41.1 Å². The number of hydrogen-bond acceptors (Lipinski definition) is 3. The second-order valence-corrected chi connectivity index (χ2v) is 10.7. The number of hydrogen-bond donors (Lipinski definition) is 1. The van der Waals surface area contributed by atoms with Crippen molar-refractivity contribution in [2.75, 3.05) is 26.2 Å². The molecule has 0 aromatic heterocycles. The van der Waals surface area contributed by atoms with Crippen molar-refractivity contribution in [1.29, 1.82) is 0 Å². The molecule has 1 saturated heterocycles. The second-order valence-electron chi connectivity index (χ2n) is 10.2. The molecule has 4 nitrogen and oxygen atoms in total. The molecule has 2 N–H and O–H groups in total. The Morgan fingerprint density at radius 2 is 1.11 bits per heavy atom. The van der Waals surface area contributed by atoms with Gasteiger partial charge in [0, 0.05) is 37.1 Å². The molecular weight excluding hydrogens is 490 g/mol. The van der Waals surface area contributed by atoms with Crippen LogP contribution in [0.3, 0.4) is 0 Å². The van der Waals surface area contributed by atoms with E-state index in [2.05, 4.69) is 65.6 Å². The minimum atomic E-state index is -1.10. The van der Waals surface area contributed by atoms with Crippen LogP contribution in [0.15, 0.2) is 115 Å². The molecule has 2 unspecified atom stereocenters. The molecule has 0 bridgehead atoms. The first kappa shape index (κ1) is 26.2. The van der Waals surface area contributed by atoms with Gasteiger partial charge in [0.05, 0.1) is 6.04 Å². The summed E-state index contributed by atoms with van der Waals surface area (Å²) in [4.78, 5) is 18.4. The molecule has 38 heavy (non-hydrogen) atoms. The number of amides is 1. The van der Waals surface area contributed by atoms with Crippen LogP contribution in [-0.2, 0) is 4.79 Å². The maximum Gasteiger partial charge on any atom is 0.243 e. The largest absolute Gasteiger partial charge is 0.339 e. The van der Waals surface area contributed by atoms with Crippen molar-refractivity contribution >= 4 is 17.5 Å². The van der Waals surface area contributed by atoms with E-state index in [1.807, 2.05) is 66.4 Å². The summed E-state index contributed by atoms with van der Waals surface area (Å²) in [7, 11) is 0. The van der Waals surface area contributed by atoms with Crippen LogP contribution in [0.25, 0.3) is 0 Å². The Kier molecular flexibility index (Phi) is 7.94. The molecule has 2 atom stereocenters. The van der Waals surface area contributed by atoms with Crippen molar-refractivity contribution in [1.82, 2.24) is 9.80 Å². The SMILES string of the molecule is CC(N)(C(=O)N1CCN(C(c2ccccc2)c2ccc(Cl)cc2)CC1)C(c1ccccc1)c1ccccc1. The maximum atomic E-state index is 14.0. The van der Waals surface area contributed by atoms with Crippen molar-refractivity contribution < 1.29 is 4.79 Å². The van der Waals surface area contributed by atoms with E-state index in [1.54, 1.807) is 0 Å². The molecule has 1 fully saturated rings. The van der Waals surface area contributed by atoms with Gasteiger partial charge >= 0.3 is 0 Å². The van der Waals surface area contributed by atoms with Gasteiger partial charge in [0.1, 0.15) is 5.54 Å². The number of piperazine rings is 1. The summed E-state index contributed by atoms with van der Waals surface area (Å²) < 4.78 is 0. The van der Waals surface area contributed by atoms with Gasteiger partial charge in [-0.15, -0.1) is 0 Å². The van der Waals surface area contributed by atoms with Crippen LogP contribution in [0.2, 0.25) is 5.02 Å². The summed E-state index contributed by atoms with van der Waals surface area (Å²) in [5, 5.41) is 0.726. The lowest BCUT2D eigenvalue weighted by Gasteiger charge is -2.43. The summed E-state index contributed by atoms with van der Waals surface area (Å²) in [5.74, 6) is -0.265. The van der Waals surface area contributed by atoms with Gasteiger partial charge < -0.3 is 10.6 Å². The Balaban J connectivity index is 1.37. The molecule has 0 saturated carbocycles. The predicted octanol–water partition coefficient (Wildman–Crippen LogP) is 6.12. The highest BCUT2D eigenvalue weighted by Crippen LogP contribution is 2.36. The van der Waals surface area contributed by atoms with E-state index < -0.39 is 5.54 Å². The summed E-state index contributed by atoms with van der Waals surface area (Å²) in [5.41, 5.74) is 10.4. The number of nitrogens with two attached hydrogens (primary N) is 1. The first-order valence-corrected chi connectivity index (χ1v) is 13.6. The molecule has 194 valence electrons. The third kappa shape index (κ3) is 5.53. The molecule has 4 aromatic carbocycles. The van der Waals surface area contributed by atoms with Gasteiger partial charge in [0.15, 0.2) is 0 Å². The van der Waals surface area contributed by atoms with Crippen molar-refractivity contribution in [3.05, 3.63) is 143 Å². The van der Waals surface area contributed by atoms with Crippen molar-refractivity contribution in [3.8, 4) is 0 Å². The van der Waals surface area contributed by atoms with Crippen molar-refractivity contribution in [3.63, 3.8) is 0 Å². The van der Waals surface area contributed by atoms with Gasteiger partial charge in [-0.1, -0.05) is 115 Å². The molecule has 0 spiro atoms. The molecule has 1 heterocycles. The zero-order chi connectivity index (χ0) is 26.5. The van der Waals surface area contributed by atoms with E-state index in [-0.39, 0.29) is 17.9 Å². The Bertz CT molecular complexity index is 1280. The lowest BCUT2D eigenvalue weighted by Crippen LogP contribution is -2.61. The number of nitrogens with zero attached hydrogens (tertiary/aromatic N) is 2. The average molecular weight is 524 g/mol. The molecular formula is C33H34ClN3O. The first-order chi connectivity index (χ1) is 18.4. The van der Waals surface area contributed by atoms with E-state index in [0.717, 1.165) is 29.2 Å². The molecule has 5 rings (SSSR count). The predicted molar refractivity (Wildman–Crippen MR) is 155 cm³/mol. The molecule has 0 radical (unpaired) electrons. The summed E-state index contributed by atoms with van der Waals surface area (Å²) in [6.07, 6.45) is 0. The van der Waals surface area contributed by atoms with Crippen molar-refractivity contribution in [2.24, 2.45) is 5.73 Å². The summed E-state index contributed by atoms with van der Waals surface area (Å²) >= 11 is 6.19. The van der Waals surface area contributed by atoms with Crippen LogP contribution >= 0.6 is 11.6 Å². The minimum absolute atomic E-state index is 0.0161. The molecule has 5 heteroatoms. The van der Waals surface area contributed by atoms with Crippen LogP contribution in [0.5, 0.6) is 0 Å². The van der Waals surface area contributed by atoms with Gasteiger partial charge in [-0.3, -0.25) is 9.69 Å². The molecule has 1 aliphatic rings. The van der Waals surface area contributed by atoms with Crippen LogP contribution in [0.4, 0.5) is 0 Å². The normalized spacial score (nSPS) is 16.7. The highest BCUT2D eigenvalue weighted by atomic mass is 35.5. The fourth-order valence-electron chi connectivity index (χ4n) is 5.72. The fourth-order valence-corrected chi connectivity index (χ4v) is 5.84. The maximum absolute atomic E-state index is 14.0. The molecule has 0 aliphatic carbocycles. The van der Waals surface area contributed by atoms with Crippen molar-refractivity contribution in [2.45, 2.75) is 24.4 Å². The second kappa shape index (κ2) is 11.5. The number of carbonyl (C=O) groups is 1. The first-order valence-electron chi connectivity index (χ1n) is 13.2. The van der Waals surface area contributed by atoms with E-state index in [1.165, 1.54) is 11.1 Å². The minimum Gasteiger partial charge on any atom is -0.339 e. The molecule has 1 aliphatic heterocycles. The Morgan fingerprint density at radius 1 is 0.684 bits per heavy atom. The smallest absolute Gasteiger partial charge is 0.243 e. The number of halogens is 1. The van der Waals surface area contributed by atoms with E-state index in [0.29, 0.717) is 13.1 Å². The van der Waals surface area contributed by atoms with E-state index in [9.17, 15) is 4.79 Å². The van der Waals surface area contributed by atoms with Crippen LogP contribution < -0.4 is 5.73 Å². The van der Waals surface area contributed by atoms with Crippen LogP contribution in [0, 0.1) is 0 Å². The zero-order valence-corrected chi connectivity index (χ0v) is 22.5. The van der Waals surface area contributed by atoms with Gasteiger partial charge in [0.2, 0.25) is 5.91 Å². The number of benzene rings is 4. The lowest BCUT2D eigenvalue weighted by atomic mass is 9.75. The van der Waals surface area contributed by atoms with E-state index in [4.69, 9.17) is 17.3 Å². The third-order valence-corrected chi connectivity index (χ3v) is 7.85. The zero-order valence-electron chi connectivity index (χ0n) is 21.7. The quantitative estimate of drug-likeness (QED) is 0.317. The average Bonchev–Trinajstić information content (AvgIpc) is 2.96. The Morgan fingerprint density at radius 3 is 1.58 bits per heavy atom. The van der Waals surface area contributed by atoms with Gasteiger partial charge in [0.25, 0.3) is 0 Å². The fraction of sp³-hybridized carbons (Fsp3) is 0.242. The topological polar surface area (TPSA) is 49.6 Å². The molecule has 1 amide bonds. The van der Waals surface area contributed by atoms with Crippen LogP contribution in [-0.4, -0.2) is 47.4 Å². The van der Waals surface area contributed by atoms with Gasteiger partial charge in [-0.25, -0.2) is 0 Å². The Hall–Kier alpha value is -3.44. The standard InChI is InChI=1S/C33H34ClN3O/c1-33(35,30(25-11-5-2-6-12-25)26-13-7-3-8-14-26)32(38)37-23-21-36(22-24-37)31(27-15-9-4-10-16-27)28-17-19-29(34)20-18-28/h2-20,30-31H,21-24,35H2,1H3. The lowest BCUT2D eigenvalue weighted by molar-refractivity contribution is -0.139. The summed E-state index contributed by atoms with van der Waals surface area (Å²) in [6.45, 7) is 4.64. The monoisotopic (exact) mass is 523 g/mol. The molecule has 4 aromatic rings. The summed E-state index contributed by atoms with van der Waals surface area (Å²) in [6, 6.07) is 38.9. The highest BCUT2D eigenvalue weighted by molar-refractivity contribution is 6.30. The third-order valence-electron chi connectivity index (χ3n) is 7.59. The van der Waals surface area contributed by atoms with Gasteiger partial charge in [-0.05, 0) is 41.3 Å². The number of carbonyl (C=O) groups excluding carboxylic acids is 1. The highest BCUT2D eigenvalue weighted by Gasteiger charge is 2.43. The number of rotatable bonds is 7. The van der Waals surface area contributed by atoms with E-state index >= 15 is 0 Å². The Labute approximate surface area is 230 Å². The van der Waals surface area contributed by atoms with Gasteiger partial charge in [-0.2, -0.15) is 0 Å².